The topological polar surface area (TPSA) is 101 Å². The summed E-state index contributed by atoms with van der Waals surface area (Å²) in [6.45, 7) is 7.79. The van der Waals surface area contributed by atoms with E-state index in [4.69, 9.17) is 10.5 Å². The van der Waals surface area contributed by atoms with Crippen molar-refractivity contribution in [3.8, 4) is 0 Å². The van der Waals surface area contributed by atoms with Crippen LogP contribution in [0.5, 0.6) is 0 Å². The lowest BCUT2D eigenvalue weighted by Gasteiger charge is -2.40. The fraction of sp³-hybridized carbons (Fsp3) is 0.333. The highest BCUT2D eigenvalue weighted by molar-refractivity contribution is 6.11. The molecule has 2 heterocycles. The lowest BCUT2D eigenvalue weighted by molar-refractivity contribution is -0.117. The average molecular weight is 436 g/mol. The zero-order valence-corrected chi connectivity index (χ0v) is 18.9. The Labute approximate surface area is 188 Å². The highest BCUT2D eigenvalue weighted by Crippen LogP contribution is 2.38. The maximum atomic E-state index is 12.8. The van der Waals surface area contributed by atoms with E-state index in [0.717, 1.165) is 11.3 Å². The molecule has 168 valence electrons. The fourth-order valence-corrected chi connectivity index (χ4v) is 3.67. The number of nitrogens with two attached hydrogens (primary N) is 1. The standard InChI is InChI=1S/C24H29N5O3/c1-16(2)32-24(31)28-15-17(3)29(18(4)30)22-9-8-19(11-23(22)28)20(12-25)13-26-14-21-7-5-6-10-27-21/h5-13,16-17H,14-15,25H2,1-4H3/b20-12+,26-13?/t17-/m0/s1. The Kier molecular flexibility index (Phi) is 7.25. The van der Waals surface area contributed by atoms with E-state index >= 15 is 0 Å². The summed E-state index contributed by atoms with van der Waals surface area (Å²) in [6, 6.07) is 11.0. The fourth-order valence-electron chi connectivity index (χ4n) is 3.67. The molecule has 1 atom stereocenters. The molecule has 0 saturated carbocycles. The Balaban J connectivity index is 1.95. The molecular weight excluding hydrogens is 406 g/mol. The van der Waals surface area contributed by atoms with E-state index in [0.29, 0.717) is 30.0 Å². The third-order valence-electron chi connectivity index (χ3n) is 5.03. The molecule has 0 saturated heterocycles. The molecule has 8 heteroatoms. The van der Waals surface area contributed by atoms with Gasteiger partial charge in [0.15, 0.2) is 0 Å². The number of amides is 2. The Hall–Kier alpha value is -3.68. The van der Waals surface area contributed by atoms with Gasteiger partial charge < -0.3 is 15.4 Å². The van der Waals surface area contributed by atoms with Gasteiger partial charge in [0.05, 0.1) is 35.8 Å². The zero-order chi connectivity index (χ0) is 23.3. The SMILES string of the molecule is CC(=O)N1c2ccc(/C(C=NCc3ccccn3)=C/N)cc2N(C(=O)OC(C)C)C[C@@H]1C. The monoisotopic (exact) mass is 435 g/mol. The highest BCUT2D eigenvalue weighted by Gasteiger charge is 2.34. The van der Waals surface area contributed by atoms with Crippen LogP contribution < -0.4 is 15.5 Å². The number of carbonyl (C=O) groups is 2. The first kappa shape index (κ1) is 23.0. The molecular formula is C24H29N5O3. The number of allylic oxidation sites excluding steroid dienone is 1. The van der Waals surface area contributed by atoms with E-state index in [1.807, 2.05) is 43.3 Å². The molecule has 1 aromatic carbocycles. The Morgan fingerprint density at radius 2 is 2.06 bits per heavy atom. The molecule has 3 rings (SSSR count). The summed E-state index contributed by atoms with van der Waals surface area (Å²) in [5.41, 5.74) is 9.44. The highest BCUT2D eigenvalue weighted by atomic mass is 16.6. The van der Waals surface area contributed by atoms with Crippen LogP contribution in [0.2, 0.25) is 0 Å². The summed E-state index contributed by atoms with van der Waals surface area (Å²) < 4.78 is 5.44. The van der Waals surface area contributed by atoms with Crippen molar-refractivity contribution in [1.82, 2.24) is 4.98 Å². The second kappa shape index (κ2) is 10.1. The predicted molar refractivity (Wildman–Crippen MR) is 127 cm³/mol. The summed E-state index contributed by atoms with van der Waals surface area (Å²) in [7, 11) is 0. The van der Waals surface area contributed by atoms with Crippen molar-refractivity contribution in [3.63, 3.8) is 0 Å². The molecule has 2 aromatic rings. The minimum absolute atomic E-state index is 0.0881. The number of ether oxygens (including phenoxy) is 1. The largest absolute Gasteiger partial charge is 0.446 e. The minimum atomic E-state index is -0.449. The maximum Gasteiger partial charge on any atom is 0.414 e. The van der Waals surface area contributed by atoms with Gasteiger partial charge in [0.2, 0.25) is 5.91 Å². The number of anilines is 2. The first-order chi connectivity index (χ1) is 15.3. The number of pyridine rings is 1. The van der Waals surface area contributed by atoms with Crippen LogP contribution in [0.25, 0.3) is 5.57 Å². The first-order valence-electron chi connectivity index (χ1n) is 10.6. The quantitative estimate of drug-likeness (QED) is 0.721. The molecule has 2 amide bonds. The lowest BCUT2D eigenvalue weighted by Crippen LogP contribution is -2.51. The van der Waals surface area contributed by atoms with Crippen LogP contribution in [0, 0.1) is 0 Å². The number of rotatable bonds is 5. The summed E-state index contributed by atoms with van der Waals surface area (Å²) in [5.74, 6) is -0.0881. The summed E-state index contributed by atoms with van der Waals surface area (Å²) >= 11 is 0. The first-order valence-corrected chi connectivity index (χ1v) is 10.6. The Morgan fingerprint density at radius 1 is 1.28 bits per heavy atom. The van der Waals surface area contributed by atoms with Gasteiger partial charge in [-0.1, -0.05) is 12.1 Å². The Morgan fingerprint density at radius 3 is 2.69 bits per heavy atom. The molecule has 1 aliphatic heterocycles. The molecule has 1 aliphatic rings. The van der Waals surface area contributed by atoms with E-state index in [1.54, 1.807) is 36.1 Å². The summed E-state index contributed by atoms with van der Waals surface area (Å²) in [6.07, 6.45) is 4.17. The number of benzene rings is 1. The van der Waals surface area contributed by atoms with E-state index in [2.05, 4.69) is 9.98 Å². The van der Waals surface area contributed by atoms with Crippen molar-refractivity contribution in [2.24, 2.45) is 10.7 Å². The van der Waals surface area contributed by atoms with Gasteiger partial charge in [0.1, 0.15) is 0 Å². The van der Waals surface area contributed by atoms with Gasteiger partial charge in [-0.05, 0) is 50.6 Å². The van der Waals surface area contributed by atoms with Gasteiger partial charge in [-0.2, -0.15) is 0 Å². The number of fused-ring (bicyclic) bond motifs is 1. The predicted octanol–water partition coefficient (Wildman–Crippen LogP) is 3.76. The van der Waals surface area contributed by atoms with Crippen LogP contribution in [-0.4, -0.2) is 41.9 Å². The molecule has 0 unspecified atom stereocenters. The molecule has 8 nitrogen and oxygen atoms in total. The molecule has 1 aromatic heterocycles. The molecule has 0 spiro atoms. The van der Waals surface area contributed by atoms with Crippen LogP contribution >= 0.6 is 0 Å². The van der Waals surface area contributed by atoms with Crippen molar-refractivity contribution in [1.29, 1.82) is 0 Å². The third-order valence-corrected chi connectivity index (χ3v) is 5.03. The van der Waals surface area contributed by atoms with Crippen molar-refractivity contribution < 1.29 is 14.3 Å². The number of nitrogens with zero attached hydrogens (tertiary/aromatic N) is 4. The molecule has 32 heavy (non-hydrogen) atoms. The maximum absolute atomic E-state index is 12.8. The van der Waals surface area contributed by atoms with Crippen LogP contribution in [0.4, 0.5) is 16.2 Å². The molecule has 0 radical (unpaired) electrons. The van der Waals surface area contributed by atoms with Gasteiger partial charge in [-0.25, -0.2) is 4.79 Å². The van der Waals surface area contributed by atoms with Crippen molar-refractivity contribution in [2.45, 2.75) is 46.4 Å². The lowest BCUT2D eigenvalue weighted by atomic mass is 10.0. The average Bonchev–Trinajstić information content (AvgIpc) is 2.76. The zero-order valence-electron chi connectivity index (χ0n) is 18.9. The minimum Gasteiger partial charge on any atom is -0.446 e. The third kappa shape index (κ3) is 5.14. The Bertz CT molecular complexity index is 1030. The van der Waals surface area contributed by atoms with Gasteiger partial charge in [0, 0.05) is 37.7 Å². The molecule has 0 aliphatic carbocycles. The van der Waals surface area contributed by atoms with Crippen molar-refractivity contribution >= 4 is 35.2 Å². The summed E-state index contributed by atoms with van der Waals surface area (Å²) in [4.78, 5) is 37.1. The summed E-state index contributed by atoms with van der Waals surface area (Å²) in [5, 5.41) is 0. The van der Waals surface area contributed by atoms with Crippen molar-refractivity contribution in [2.75, 3.05) is 16.3 Å². The molecule has 0 fully saturated rings. The molecule has 2 N–H and O–H groups in total. The van der Waals surface area contributed by atoms with E-state index in [-0.39, 0.29) is 18.1 Å². The van der Waals surface area contributed by atoms with E-state index in [1.165, 1.54) is 13.1 Å². The van der Waals surface area contributed by atoms with Crippen LogP contribution in [0.15, 0.2) is 53.8 Å². The van der Waals surface area contributed by atoms with Crippen LogP contribution in [0.1, 0.15) is 39.0 Å². The number of hydrogen-bond donors (Lipinski definition) is 1. The van der Waals surface area contributed by atoms with Gasteiger partial charge in [-0.15, -0.1) is 0 Å². The normalized spacial score (nSPS) is 16.4. The number of aromatic nitrogens is 1. The van der Waals surface area contributed by atoms with E-state index in [9.17, 15) is 9.59 Å². The van der Waals surface area contributed by atoms with Crippen LogP contribution in [-0.2, 0) is 16.1 Å². The number of hydrogen-bond acceptors (Lipinski definition) is 6. The second-order valence-corrected chi connectivity index (χ2v) is 7.90. The number of carbonyl (C=O) groups excluding carboxylic acids is 2. The van der Waals surface area contributed by atoms with E-state index < -0.39 is 6.09 Å². The van der Waals surface area contributed by atoms with Crippen LogP contribution in [0.3, 0.4) is 0 Å². The second-order valence-electron chi connectivity index (χ2n) is 7.90. The van der Waals surface area contributed by atoms with Gasteiger partial charge in [-0.3, -0.25) is 19.7 Å². The molecule has 0 bridgehead atoms. The smallest absolute Gasteiger partial charge is 0.414 e. The van der Waals surface area contributed by atoms with Gasteiger partial charge >= 0.3 is 6.09 Å². The number of aliphatic imine (C=N–C) groups is 1. The van der Waals surface area contributed by atoms with Crippen molar-refractivity contribution in [3.05, 3.63) is 60.1 Å². The van der Waals surface area contributed by atoms with Gasteiger partial charge in [0.25, 0.3) is 0 Å².